The lowest BCUT2D eigenvalue weighted by molar-refractivity contribution is -0.136. The van der Waals surface area contributed by atoms with Crippen molar-refractivity contribution in [1.29, 1.82) is 0 Å². The van der Waals surface area contributed by atoms with Crippen LogP contribution in [0.15, 0.2) is 42.5 Å². The molecule has 0 spiro atoms. The van der Waals surface area contributed by atoms with Crippen molar-refractivity contribution in [2.24, 2.45) is 0 Å². The molecular formula is C17H18O4. The SMILES string of the molecule is CC.O=C(O)Cc1cccc(-c2ccc3c(c2)OCO3)c1. The average Bonchev–Trinajstić information content (AvgIpc) is 2.96. The van der Waals surface area contributed by atoms with Gasteiger partial charge in [0.15, 0.2) is 11.5 Å². The smallest absolute Gasteiger partial charge is 0.307 e. The van der Waals surface area contributed by atoms with Gasteiger partial charge < -0.3 is 14.6 Å². The number of carboxylic acids is 1. The molecule has 0 fully saturated rings. The molecule has 0 unspecified atom stereocenters. The van der Waals surface area contributed by atoms with E-state index in [1.165, 1.54) is 0 Å². The van der Waals surface area contributed by atoms with Crippen LogP contribution in [0.3, 0.4) is 0 Å². The van der Waals surface area contributed by atoms with Crippen molar-refractivity contribution in [2.75, 3.05) is 6.79 Å². The van der Waals surface area contributed by atoms with E-state index < -0.39 is 5.97 Å². The number of carboxylic acid groups (broad SMARTS) is 1. The Morgan fingerprint density at radius 3 is 2.52 bits per heavy atom. The summed E-state index contributed by atoms with van der Waals surface area (Å²) in [5.74, 6) is 0.634. The number of rotatable bonds is 3. The fourth-order valence-corrected chi connectivity index (χ4v) is 2.11. The first-order chi connectivity index (χ1) is 10.2. The number of benzene rings is 2. The minimum absolute atomic E-state index is 0.0262. The first kappa shape index (κ1) is 14.9. The molecule has 1 aliphatic heterocycles. The number of hydrogen-bond acceptors (Lipinski definition) is 3. The Labute approximate surface area is 123 Å². The maximum Gasteiger partial charge on any atom is 0.307 e. The van der Waals surface area contributed by atoms with Crippen LogP contribution < -0.4 is 9.47 Å². The molecule has 0 atom stereocenters. The number of hydrogen-bond donors (Lipinski definition) is 1. The predicted octanol–water partition coefficient (Wildman–Crippen LogP) is 3.74. The van der Waals surface area contributed by atoms with Gasteiger partial charge in [0.1, 0.15) is 0 Å². The molecule has 0 aliphatic carbocycles. The summed E-state index contributed by atoms with van der Waals surface area (Å²) in [6, 6.07) is 13.2. The second-order valence-corrected chi connectivity index (χ2v) is 4.34. The summed E-state index contributed by atoms with van der Waals surface area (Å²) < 4.78 is 10.6. The molecule has 1 aliphatic rings. The standard InChI is InChI=1S/C15H12O4.C2H6/c16-15(17)7-10-2-1-3-11(6-10)12-4-5-13-14(8-12)19-9-18-13;1-2/h1-6,8H,7,9H2,(H,16,17);1-2H3. The van der Waals surface area contributed by atoms with Gasteiger partial charge in [-0.05, 0) is 28.8 Å². The summed E-state index contributed by atoms with van der Waals surface area (Å²) >= 11 is 0. The first-order valence-corrected chi connectivity index (χ1v) is 6.93. The van der Waals surface area contributed by atoms with E-state index in [0.717, 1.165) is 28.2 Å². The normalized spacial score (nSPS) is 11.5. The van der Waals surface area contributed by atoms with E-state index in [1.54, 1.807) is 0 Å². The maximum atomic E-state index is 10.7. The lowest BCUT2D eigenvalue weighted by Gasteiger charge is -2.05. The molecule has 4 heteroatoms. The maximum absolute atomic E-state index is 10.7. The largest absolute Gasteiger partial charge is 0.481 e. The Hall–Kier alpha value is -2.49. The van der Waals surface area contributed by atoms with E-state index in [4.69, 9.17) is 14.6 Å². The van der Waals surface area contributed by atoms with E-state index in [2.05, 4.69) is 0 Å². The highest BCUT2D eigenvalue weighted by Crippen LogP contribution is 2.35. The molecule has 2 aromatic rings. The summed E-state index contributed by atoms with van der Waals surface area (Å²) in [5.41, 5.74) is 2.73. The highest BCUT2D eigenvalue weighted by Gasteiger charge is 2.14. The molecular weight excluding hydrogens is 268 g/mol. The molecule has 0 saturated carbocycles. The van der Waals surface area contributed by atoms with Gasteiger partial charge in [-0.3, -0.25) is 4.79 Å². The van der Waals surface area contributed by atoms with Crippen LogP contribution in [0.5, 0.6) is 11.5 Å². The van der Waals surface area contributed by atoms with Gasteiger partial charge in [-0.25, -0.2) is 0 Å². The van der Waals surface area contributed by atoms with Crippen molar-refractivity contribution in [3.63, 3.8) is 0 Å². The summed E-state index contributed by atoms with van der Waals surface area (Å²) in [5, 5.41) is 8.82. The summed E-state index contributed by atoms with van der Waals surface area (Å²) in [6.07, 6.45) is 0.0262. The Balaban J connectivity index is 0.000000774. The third-order valence-corrected chi connectivity index (χ3v) is 2.99. The monoisotopic (exact) mass is 286 g/mol. The zero-order chi connectivity index (χ0) is 15.2. The Morgan fingerprint density at radius 2 is 1.76 bits per heavy atom. The second kappa shape index (κ2) is 6.79. The molecule has 0 bridgehead atoms. The highest BCUT2D eigenvalue weighted by atomic mass is 16.7. The Kier molecular flexibility index (Phi) is 4.82. The number of aliphatic carboxylic acids is 1. The molecule has 0 radical (unpaired) electrons. The van der Waals surface area contributed by atoms with Crippen LogP contribution in [-0.2, 0) is 11.2 Å². The molecule has 4 nitrogen and oxygen atoms in total. The van der Waals surface area contributed by atoms with E-state index in [1.807, 2.05) is 56.3 Å². The zero-order valence-corrected chi connectivity index (χ0v) is 12.1. The lowest BCUT2D eigenvalue weighted by Crippen LogP contribution is -1.99. The zero-order valence-electron chi connectivity index (χ0n) is 12.1. The number of carbonyl (C=O) groups is 1. The van der Waals surface area contributed by atoms with E-state index >= 15 is 0 Å². The van der Waals surface area contributed by atoms with E-state index in [9.17, 15) is 4.79 Å². The second-order valence-electron chi connectivity index (χ2n) is 4.34. The average molecular weight is 286 g/mol. The van der Waals surface area contributed by atoms with Gasteiger partial charge in [0.25, 0.3) is 0 Å². The molecule has 1 heterocycles. The minimum Gasteiger partial charge on any atom is -0.481 e. The predicted molar refractivity (Wildman–Crippen MR) is 80.7 cm³/mol. The lowest BCUT2D eigenvalue weighted by atomic mass is 10.0. The van der Waals surface area contributed by atoms with Gasteiger partial charge in [-0.15, -0.1) is 0 Å². The highest BCUT2D eigenvalue weighted by molar-refractivity contribution is 5.73. The van der Waals surface area contributed by atoms with Crippen LogP contribution in [0.25, 0.3) is 11.1 Å². The van der Waals surface area contributed by atoms with Crippen molar-refractivity contribution in [3.8, 4) is 22.6 Å². The van der Waals surface area contributed by atoms with Gasteiger partial charge in [0.05, 0.1) is 6.42 Å². The van der Waals surface area contributed by atoms with E-state index in [-0.39, 0.29) is 13.2 Å². The van der Waals surface area contributed by atoms with Gasteiger partial charge >= 0.3 is 5.97 Å². The summed E-state index contributed by atoms with van der Waals surface area (Å²) in [4.78, 5) is 10.7. The van der Waals surface area contributed by atoms with Crippen molar-refractivity contribution in [3.05, 3.63) is 48.0 Å². The molecule has 0 saturated heterocycles. The molecule has 110 valence electrons. The molecule has 2 aromatic carbocycles. The van der Waals surface area contributed by atoms with Crippen LogP contribution >= 0.6 is 0 Å². The van der Waals surface area contributed by atoms with Gasteiger partial charge in [-0.1, -0.05) is 44.2 Å². The molecule has 0 amide bonds. The van der Waals surface area contributed by atoms with Crippen LogP contribution in [0.2, 0.25) is 0 Å². The van der Waals surface area contributed by atoms with E-state index in [0.29, 0.717) is 0 Å². The summed E-state index contributed by atoms with van der Waals surface area (Å²) in [6.45, 7) is 4.25. The first-order valence-electron chi connectivity index (χ1n) is 6.93. The van der Waals surface area contributed by atoms with Crippen LogP contribution in [0.4, 0.5) is 0 Å². The fourth-order valence-electron chi connectivity index (χ4n) is 2.11. The number of fused-ring (bicyclic) bond motifs is 1. The van der Waals surface area contributed by atoms with Gasteiger partial charge in [0.2, 0.25) is 6.79 Å². The molecule has 21 heavy (non-hydrogen) atoms. The molecule has 1 N–H and O–H groups in total. The molecule has 0 aromatic heterocycles. The fraction of sp³-hybridized carbons (Fsp3) is 0.235. The van der Waals surface area contributed by atoms with Gasteiger partial charge in [0, 0.05) is 0 Å². The Morgan fingerprint density at radius 1 is 1.05 bits per heavy atom. The summed E-state index contributed by atoms with van der Waals surface area (Å²) in [7, 11) is 0. The van der Waals surface area contributed by atoms with Crippen LogP contribution in [0.1, 0.15) is 19.4 Å². The third-order valence-electron chi connectivity index (χ3n) is 2.99. The van der Waals surface area contributed by atoms with Crippen molar-refractivity contribution in [2.45, 2.75) is 20.3 Å². The van der Waals surface area contributed by atoms with Crippen molar-refractivity contribution >= 4 is 5.97 Å². The molecule has 3 rings (SSSR count). The third kappa shape index (κ3) is 3.54. The topological polar surface area (TPSA) is 55.8 Å². The van der Waals surface area contributed by atoms with Crippen LogP contribution in [0, 0.1) is 0 Å². The minimum atomic E-state index is -0.831. The quantitative estimate of drug-likeness (QED) is 0.934. The van der Waals surface area contributed by atoms with Gasteiger partial charge in [-0.2, -0.15) is 0 Å². The Bertz CT molecular complexity index is 634. The van der Waals surface area contributed by atoms with Crippen molar-refractivity contribution in [1.82, 2.24) is 0 Å². The number of ether oxygens (including phenoxy) is 2. The van der Waals surface area contributed by atoms with Crippen molar-refractivity contribution < 1.29 is 19.4 Å². The van der Waals surface area contributed by atoms with Crippen LogP contribution in [-0.4, -0.2) is 17.9 Å².